The van der Waals surface area contributed by atoms with E-state index in [1.165, 1.54) is 16.8 Å². The van der Waals surface area contributed by atoms with Crippen molar-refractivity contribution in [3.63, 3.8) is 0 Å². The van der Waals surface area contributed by atoms with Crippen molar-refractivity contribution in [2.24, 2.45) is 7.05 Å². The van der Waals surface area contributed by atoms with E-state index in [0.29, 0.717) is 36.5 Å². The fourth-order valence-corrected chi connectivity index (χ4v) is 4.48. The number of nitriles is 1. The summed E-state index contributed by atoms with van der Waals surface area (Å²) < 4.78 is 17.2. The molecule has 2 heterocycles. The quantitative estimate of drug-likeness (QED) is 0.394. The molecule has 9 heteroatoms. The normalized spacial score (nSPS) is 10.9. The summed E-state index contributed by atoms with van der Waals surface area (Å²) in [6, 6.07) is 15.6. The van der Waals surface area contributed by atoms with E-state index in [0.717, 1.165) is 15.4 Å². The number of nitrogens with one attached hydrogen (secondary N) is 1. The zero-order chi connectivity index (χ0) is 22.8. The number of benzene rings is 2. The van der Waals surface area contributed by atoms with Gasteiger partial charge in [0.2, 0.25) is 0 Å². The van der Waals surface area contributed by atoms with Gasteiger partial charge in [-0.3, -0.25) is 4.79 Å². The van der Waals surface area contributed by atoms with Crippen LogP contribution in [0.25, 0.3) is 16.6 Å². The van der Waals surface area contributed by atoms with Crippen LogP contribution in [0.15, 0.2) is 53.0 Å². The molecule has 2 aromatic heterocycles. The number of rotatable bonds is 6. The first-order chi connectivity index (χ1) is 15.4. The Bertz CT molecular complexity index is 1310. The fourth-order valence-electron chi connectivity index (χ4n) is 3.69. The van der Waals surface area contributed by atoms with Crippen LogP contribution in [0.5, 0.6) is 0 Å². The molecule has 0 aliphatic carbocycles. The van der Waals surface area contributed by atoms with Crippen LogP contribution in [-0.4, -0.2) is 26.8 Å². The molecule has 32 heavy (non-hydrogen) atoms. The predicted octanol–water partition coefficient (Wildman–Crippen LogP) is 4.08. The highest BCUT2D eigenvalue weighted by molar-refractivity contribution is 9.10. The third kappa shape index (κ3) is 3.85. The Morgan fingerprint density at radius 2 is 1.97 bits per heavy atom. The Hall–Kier alpha value is -3.64. The van der Waals surface area contributed by atoms with E-state index in [1.807, 2.05) is 35.9 Å². The average Bonchev–Trinajstić information content (AvgIpc) is 3.25. The lowest BCUT2D eigenvalue weighted by molar-refractivity contribution is 0.0944. The van der Waals surface area contributed by atoms with Gasteiger partial charge in [0.15, 0.2) is 0 Å². The Morgan fingerprint density at radius 1 is 1.25 bits per heavy atom. The lowest BCUT2D eigenvalue weighted by Crippen LogP contribution is -2.27. The average molecular weight is 495 g/mol. The molecule has 3 N–H and O–H groups in total. The number of amides is 1. The second-order valence-corrected chi connectivity index (χ2v) is 8.10. The number of halogens is 2. The van der Waals surface area contributed by atoms with Crippen molar-refractivity contribution in [3.05, 3.63) is 75.8 Å². The highest BCUT2D eigenvalue weighted by Gasteiger charge is 2.20. The van der Waals surface area contributed by atoms with Crippen LogP contribution in [0.1, 0.15) is 28.2 Å². The molecular weight excluding hydrogens is 475 g/mol. The van der Waals surface area contributed by atoms with Crippen molar-refractivity contribution in [3.8, 4) is 11.8 Å². The molecule has 1 amide bonds. The summed E-state index contributed by atoms with van der Waals surface area (Å²) in [4.78, 5) is 12.8. The zero-order valence-corrected chi connectivity index (χ0v) is 18.9. The van der Waals surface area contributed by atoms with E-state index >= 15 is 0 Å². The molecule has 0 aliphatic heterocycles. The largest absolute Gasteiger partial charge is 0.382 e. The van der Waals surface area contributed by atoms with Crippen molar-refractivity contribution < 1.29 is 9.18 Å². The molecule has 0 aliphatic rings. The topological polar surface area (TPSA) is 102 Å². The van der Waals surface area contributed by atoms with Crippen molar-refractivity contribution in [2.45, 2.75) is 12.8 Å². The SMILES string of the molecule is Cn1c(C(=O)NCCCc2nn(-c3ccc(F)cc3)c(N)c2C#N)c(Br)c2ccccc21. The van der Waals surface area contributed by atoms with Gasteiger partial charge in [0.25, 0.3) is 5.91 Å². The number of aryl methyl sites for hydroxylation is 2. The van der Waals surface area contributed by atoms with Gasteiger partial charge < -0.3 is 15.6 Å². The van der Waals surface area contributed by atoms with E-state index in [2.05, 4.69) is 32.4 Å². The molecule has 2 aromatic carbocycles. The lowest BCUT2D eigenvalue weighted by atomic mass is 10.1. The Balaban J connectivity index is 1.44. The number of hydrogen-bond donors (Lipinski definition) is 2. The summed E-state index contributed by atoms with van der Waals surface area (Å²) >= 11 is 3.54. The van der Waals surface area contributed by atoms with Gasteiger partial charge in [-0.25, -0.2) is 9.07 Å². The second kappa shape index (κ2) is 8.85. The lowest BCUT2D eigenvalue weighted by Gasteiger charge is -2.07. The summed E-state index contributed by atoms with van der Waals surface area (Å²) in [6.07, 6.45) is 1.03. The minimum Gasteiger partial charge on any atom is -0.382 e. The van der Waals surface area contributed by atoms with Crippen LogP contribution in [0.2, 0.25) is 0 Å². The van der Waals surface area contributed by atoms with Crippen molar-refractivity contribution in [1.29, 1.82) is 5.26 Å². The van der Waals surface area contributed by atoms with Crippen LogP contribution in [0, 0.1) is 17.1 Å². The van der Waals surface area contributed by atoms with Gasteiger partial charge >= 0.3 is 0 Å². The van der Waals surface area contributed by atoms with Crippen LogP contribution in [0.4, 0.5) is 10.2 Å². The van der Waals surface area contributed by atoms with E-state index in [9.17, 15) is 14.4 Å². The van der Waals surface area contributed by atoms with Crippen LogP contribution >= 0.6 is 15.9 Å². The van der Waals surface area contributed by atoms with E-state index in [-0.39, 0.29) is 23.1 Å². The molecule has 0 saturated heterocycles. The number of anilines is 1. The van der Waals surface area contributed by atoms with Gasteiger partial charge in [-0.05, 0) is 59.1 Å². The van der Waals surface area contributed by atoms with E-state index in [4.69, 9.17) is 5.73 Å². The fraction of sp³-hybridized carbons (Fsp3) is 0.174. The number of nitrogens with zero attached hydrogens (tertiary/aromatic N) is 4. The first-order valence-electron chi connectivity index (χ1n) is 9.97. The smallest absolute Gasteiger partial charge is 0.269 e. The number of aromatic nitrogens is 3. The van der Waals surface area contributed by atoms with Crippen molar-refractivity contribution in [1.82, 2.24) is 19.7 Å². The molecule has 162 valence electrons. The predicted molar refractivity (Wildman–Crippen MR) is 124 cm³/mol. The molecule has 4 aromatic rings. The monoisotopic (exact) mass is 494 g/mol. The van der Waals surface area contributed by atoms with Crippen LogP contribution < -0.4 is 11.1 Å². The number of fused-ring (bicyclic) bond motifs is 1. The molecule has 0 fully saturated rings. The Kier molecular flexibility index (Phi) is 5.97. The number of para-hydroxylation sites is 1. The molecule has 0 saturated carbocycles. The summed E-state index contributed by atoms with van der Waals surface area (Å²) in [5, 5.41) is 17.8. The van der Waals surface area contributed by atoms with E-state index in [1.54, 1.807) is 12.1 Å². The van der Waals surface area contributed by atoms with Gasteiger partial charge in [-0.1, -0.05) is 18.2 Å². The summed E-state index contributed by atoms with van der Waals surface area (Å²) in [7, 11) is 1.85. The summed E-state index contributed by atoms with van der Waals surface area (Å²) in [5.41, 5.74) is 9.00. The maximum absolute atomic E-state index is 13.2. The standard InChI is InChI=1S/C23H20BrFN6O/c1-30-19-7-3-2-5-16(19)20(24)21(30)23(32)28-12-4-6-18-17(13-26)22(27)31(29-18)15-10-8-14(25)9-11-15/h2-3,5,7-11H,4,6,12,27H2,1H3,(H,28,32). The number of nitrogens with two attached hydrogens (primary N) is 1. The second-order valence-electron chi connectivity index (χ2n) is 7.31. The molecule has 4 rings (SSSR count). The molecule has 0 spiro atoms. The third-order valence-electron chi connectivity index (χ3n) is 5.31. The zero-order valence-electron chi connectivity index (χ0n) is 17.3. The van der Waals surface area contributed by atoms with Gasteiger partial charge in [0, 0.05) is 24.5 Å². The van der Waals surface area contributed by atoms with Gasteiger partial charge in [0.05, 0.1) is 15.9 Å². The van der Waals surface area contributed by atoms with Gasteiger partial charge in [0.1, 0.15) is 29.0 Å². The van der Waals surface area contributed by atoms with E-state index < -0.39 is 0 Å². The number of nitrogen functional groups attached to an aromatic ring is 1. The number of hydrogen-bond acceptors (Lipinski definition) is 4. The molecule has 7 nitrogen and oxygen atoms in total. The highest BCUT2D eigenvalue weighted by Crippen LogP contribution is 2.30. The van der Waals surface area contributed by atoms with Crippen molar-refractivity contribution in [2.75, 3.05) is 12.3 Å². The Morgan fingerprint density at radius 3 is 2.66 bits per heavy atom. The maximum Gasteiger partial charge on any atom is 0.269 e. The minimum absolute atomic E-state index is 0.188. The van der Waals surface area contributed by atoms with Crippen LogP contribution in [0.3, 0.4) is 0 Å². The minimum atomic E-state index is -0.367. The summed E-state index contributed by atoms with van der Waals surface area (Å²) in [6.45, 7) is 0.404. The highest BCUT2D eigenvalue weighted by atomic mass is 79.9. The summed E-state index contributed by atoms with van der Waals surface area (Å²) in [5.74, 6) is -0.348. The number of carbonyl (C=O) groups excluding carboxylic acids is 1. The molecule has 0 unspecified atom stereocenters. The van der Waals surface area contributed by atoms with Gasteiger partial charge in [-0.15, -0.1) is 0 Å². The van der Waals surface area contributed by atoms with Crippen LogP contribution in [-0.2, 0) is 13.5 Å². The molecule has 0 atom stereocenters. The first-order valence-corrected chi connectivity index (χ1v) is 10.8. The number of carbonyl (C=O) groups is 1. The van der Waals surface area contributed by atoms with Crippen molar-refractivity contribution >= 4 is 38.6 Å². The molecule has 0 bridgehead atoms. The maximum atomic E-state index is 13.2. The van der Waals surface area contributed by atoms with Gasteiger partial charge in [-0.2, -0.15) is 10.4 Å². The third-order valence-corrected chi connectivity index (χ3v) is 6.12. The molecule has 0 radical (unpaired) electrons. The molecular formula is C23H20BrFN6O. The first kappa shape index (κ1) is 21.6. The Labute approximate surface area is 192 Å².